The van der Waals surface area contributed by atoms with E-state index in [0.29, 0.717) is 18.9 Å². The van der Waals surface area contributed by atoms with Crippen molar-refractivity contribution in [3.8, 4) is 0 Å². The quantitative estimate of drug-likeness (QED) is 0.101. The number of methoxy groups -OCH3 is 1. The van der Waals surface area contributed by atoms with Gasteiger partial charge in [-0.3, -0.25) is 14.9 Å². The van der Waals surface area contributed by atoms with Crippen LogP contribution >= 0.6 is 0 Å². The van der Waals surface area contributed by atoms with Gasteiger partial charge in [-0.05, 0) is 37.5 Å². The highest BCUT2D eigenvalue weighted by Crippen LogP contribution is 2.41. The fourth-order valence-electron chi connectivity index (χ4n) is 5.89. The SMILES string of the molecule is COC(=O)C1=C(c2ccccc2[N+](=O)[O-])C(C(=O)O)=C(C)N(C)C1COCCNC(=O)C1(OC2=CC=C3CCC=CC3N2)CCO1. The number of benzene rings is 1. The molecule has 1 saturated heterocycles. The number of rotatable bonds is 12. The van der Waals surface area contributed by atoms with Gasteiger partial charge in [0.2, 0.25) is 0 Å². The third-order valence-corrected chi connectivity index (χ3v) is 8.47. The summed E-state index contributed by atoms with van der Waals surface area (Å²) in [5.41, 5.74) is 0.648. The molecule has 4 aliphatic rings. The zero-order valence-corrected chi connectivity index (χ0v) is 25.7. The molecule has 3 aliphatic heterocycles. The van der Waals surface area contributed by atoms with Crippen molar-refractivity contribution in [2.24, 2.45) is 0 Å². The standard InChI is InChI=1S/C32H36N4O10/c1-19-26(29(37)38)27(21-9-5-7-11-23(21)36(41)42)28(30(39)43-3)24(35(19)2)18-44-17-15-33-31(40)32(14-16-45-32)46-25-13-12-20-8-4-6-10-22(20)34-25/h5-7,9-13,22,24,34H,4,8,14-18H2,1-3H3,(H,33,40)(H,37,38). The Morgan fingerprint density at radius 3 is 2.70 bits per heavy atom. The van der Waals surface area contributed by atoms with E-state index in [0.717, 1.165) is 20.0 Å². The first-order valence-electron chi connectivity index (χ1n) is 14.8. The monoisotopic (exact) mass is 636 g/mol. The molecule has 0 saturated carbocycles. The number of carboxylic acids is 1. The van der Waals surface area contributed by atoms with E-state index in [4.69, 9.17) is 18.9 Å². The summed E-state index contributed by atoms with van der Waals surface area (Å²) in [6.07, 6.45) is 10.3. The maximum Gasteiger partial charge on any atom is 0.338 e. The maximum atomic E-state index is 13.2. The van der Waals surface area contributed by atoms with Gasteiger partial charge in [0.25, 0.3) is 17.4 Å². The number of nitrogens with one attached hydrogen (secondary N) is 2. The van der Waals surface area contributed by atoms with Crippen LogP contribution in [0.2, 0.25) is 0 Å². The first-order valence-corrected chi connectivity index (χ1v) is 14.8. The average Bonchev–Trinajstić information content (AvgIpc) is 3.03. The molecular formula is C32H36N4O10. The Morgan fingerprint density at radius 1 is 1.26 bits per heavy atom. The molecule has 46 heavy (non-hydrogen) atoms. The number of nitro benzene ring substituents is 1. The van der Waals surface area contributed by atoms with Crippen molar-refractivity contribution in [2.45, 2.75) is 44.1 Å². The Balaban J connectivity index is 1.28. The van der Waals surface area contributed by atoms with Crippen molar-refractivity contribution in [2.75, 3.05) is 40.5 Å². The van der Waals surface area contributed by atoms with Gasteiger partial charge in [-0.2, -0.15) is 0 Å². The number of esters is 1. The number of para-hydroxylation sites is 1. The molecule has 14 heteroatoms. The Bertz CT molecular complexity index is 1590. The third-order valence-electron chi connectivity index (χ3n) is 8.47. The summed E-state index contributed by atoms with van der Waals surface area (Å²) >= 11 is 0. The molecule has 1 amide bonds. The number of carboxylic acid groups (broad SMARTS) is 1. The van der Waals surface area contributed by atoms with Crippen molar-refractivity contribution < 1.29 is 43.4 Å². The van der Waals surface area contributed by atoms with Gasteiger partial charge in [0.1, 0.15) is 0 Å². The van der Waals surface area contributed by atoms with E-state index >= 15 is 0 Å². The van der Waals surface area contributed by atoms with Crippen LogP contribution in [0.15, 0.2) is 76.9 Å². The summed E-state index contributed by atoms with van der Waals surface area (Å²) < 4.78 is 22.5. The Labute approximate surface area is 265 Å². The largest absolute Gasteiger partial charge is 0.478 e. The minimum Gasteiger partial charge on any atom is -0.478 e. The highest BCUT2D eigenvalue weighted by Gasteiger charge is 2.49. The van der Waals surface area contributed by atoms with Gasteiger partial charge in [0, 0.05) is 37.3 Å². The number of aliphatic carboxylic acids is 1. The topological polar surface area (TPSA) is 179 Å². The molecule has 0 bridgehead atoms. The molecule has 3 unspecified atom stereocenters. The van der Waals surface area contributed by atoms with Crippen LogP contribution < -0.4 is 10.6 Å². The minimum atomic E-state index is -1.47. The van der Waals surface area contributed by atoms with E-state index in [1.807, 2.05) is 6.08 Å². The Kier molecular flexibility index (Phi) is 9.58. The fourth-order valence-corrected chi connectivity index (χ4v) is 5.89. The van der Waals surface area contributed by atoms with Gasteiger partial charge >= 0.3 is 11.9 Å². The molecule has 244 valence electrons. The molecular weight excluding hydrogens is 600 g/mol. The summed E-state index contributed by atoms with van der Waals surface area (Å²) in [5.74, 6) is -3.71. The summed E-state index contributed by atoms with van der Waals surface area (Å²) in [6.45, 7) is 1.90. The van der Waals surface area contributed by atoms with E-state index in [1.54, 1.807) is 24.9 Å². The number of amides is 1. The van der Waals surface area contributed by atoms with Crippen LogP contribution in [0.4, 0.5) is 5.69 Å². The number of ether oxygens (including phenoxy) is 4. The normalized spacial score (nSPS) is 23.8. The number of nitrogens with zero attached hydrogens (tertiary/aromatic N) is 2. The van der Waals surface area contributed by atoms with Crippen LogP contribution in [0, 0.1) is 10.1 Å². The molecule has 1 fully saturated rings. The van der Waals surface area contributed by atoms with Crippen molar-refractivity contribution in [1.29, 1.82) is 0 Å². The Morgan fingerprint density at radius 2 is 2.02 bits per heavy atom. The number of carbonyl (C=O) groups is 3. The van der Waals surface area contributed by atoms with Gasteiger partial charge in [-0.25, -0.2) is 9.59 Å². The molecule has 1 aliphatic carbocycles. The molecule has 1 aromatic carbocycles. The predicted octanol–water partition coefficient (Wildman–Crippen LogP) is 2.55. The lowest BCUT2D eigenvalue weighted by molar-refractivity contribution is -0.385. The molecule has 3 N–H and O–H groups in total. The summed E-state index contributed by atoms with van der Waals surface area (Å²) in [5, 5.41) is 28.1. The molecule has 1 aromatic rings. The molecule has 14 nitrogen and oxygen atoms in total. The number of nitro groups is 1. The second-order valence-electron chi connectivity index (χ2n) is 11.1. The zero-order valence-electron chi connectivity index (χ0n) is 25.7. The highest BCUT2D eigenvalue weighted by molar-refractivity contribution is 6.15. The predicted molar refractivity (Wildman–Crippen MR) is 164 cm³/mol. The van der Waals surface area contributed by atoms with Gasteiger partial charge in [0.15, 0.2) is 5.88 Å². The molecule has 0 aromatic heterocycles. The van der Waals surface area contributed by atoms with Crippen LogP contribution in [0.3, 0.4) is 0 Å². The van der Waals surface area contributed by atoms with Crippen molar-refractivity contribution in [3.63, 3.8) is 0 Å². The highest BCUT2D eigenvalue weighted by atomic mass is 16.7. The van der Waals surface area contributed by atoms with E-state index in [1.165, 1.54) is 29.8 Å². The van der Waals surface area contributed by atoms with Gasteiger partial charge in [-0.15, -0.1) is 0 Å². The number of dihydropyridines is 1. The Hall–Kier alpha value is -4.95. The number of likely N-dealkylation sites (N-methyl/N-ethyl adjacent to an activating group) is 1. The van der Waals surface area contributed by atoms with E-state index in [2.05, 4.69) is 22.8 Å². The third kappa shape index (κ3) is 6.26. The summed E-state index contributed by atoms with van der Waals surface area (Å²) in [6, 6.07) is 4.77. The second-order valence-corrected chi connectivity index (χ2v) is 11.1. The molecule has 5 rings (SSSR count). The van der Waals surface area contributed by atoms with Crippen LogP contribution in [0.1, 0.15) is 31.7 Å². The van der Waals surface area contributed by atoms with E-state index < -0.39 is 34.6 Å². The van der Waals surface area contributed by atoms with E-state index in [-0.39, 0.29) is 59.5 Å². The number of carbonyl (C=O) groups excluding carboxylic acids is 2. The number of allylic oxidation sites excluding steroid dienone is 4. The first kappa shape index (κ1) is 32.4. The van der Waals surface area contributed by atoms with Gasteiger partial charge in [0.05, 0.1) is 60.6 Å². The number of hydrogen-bond acceptors (Lipinski definition) is 11. The zero-order chi connectivity index (χ0) is 33.0. The van der Waals surface area contributed by atoms with Crippen LogP contribution in [0.5, 0.6) is 0 Å². The van der Waals surface area contributed by atoms with Crippen molar-refractivity contribution in [3.05, 3.63) is 92.5 Å². The first-order chi connectivity index (χ1) is 22.1. The van der Waals surface area contributed by atoms with Crippen molar-refractivity contribution in [1.82, 2.24) is 15.5 Å². The second kappa shape index (κ2) is 13.6. The molecule has 0 radical (unpaired) electrons. The van der Waals surface area contributed by atoms with Crippen LogP contribution in [-0.4, -0.2) is 91.2 Å². The average molecular weight is 637 g/mol. The lowest BCUT2D eigenvalue weighted by atomic mass is 9.84. The number of hydrogen-bond donors (Lipinski definition) is 3. The van der Waals surface area contributed by atoms with Crippen LogP contribution in [-0.2, 0) is 33.3 Å². The van der Waals surface area contributed by atoms with E-state index in [9.17, 15) is 29.6 Å². The number of fused-ring (bicyclic) bond motifs is 1. The summed E-state index contributed by atoms with van der Waals surface area (Å²) in [7, 11) is 2.74. The lowest BCUT2D eigenvalue weighted by Crippen LogP contribution is -2.59. The van der Waals surface area contributed by atoms with Gasteiger partial charge < -0.3 is 39.6 Å². The molecule has 0 spiro atoms. The molecule has 3 atom stereocenters. The fraction of sp³-hybridized carbons (Fsp3) is 0.406. The van der Waals surface area contributed by atoms with Crippen molar-refractivity contribution >= 4 is 29.1 Å². The van der Waals surface area contributed by atoms with Crippen LogP contribution in [0.25, 0.3) is 5.57 Å². The summed E-state index contributed by atoms with van der Waals surface area (Å²) in [4.78, 5) is 51.6. The molecule has 3 heterocycles. The van der Waals surface area contributed by atoms with Gasteiger partial charge in [-0.1, -0.05) is 30.4 Å². The lowest BCUT2D eigenvalue weighted by Gasteiger charge is -2.41. The minimum absolute atomic E-state index is 0.0165. The maximum absolute atomic E-state index is 13.2. The smallest absolute Gasteiger partial charge is 0.338 e.